The van der Waals surface area contributed by atoms with Crippen molar-refractivity contribution in [2.75, 3.05) is 13.1 Å². The van der Waals surface area contributed by atoms with E-state index in [-0.39, 0.29) is 18.8 Å². The van der Waals surface area contributed by atoms with Crippen LogP contribution in [-0.4, -0.2) is 50.7 Å². The number of urea groups is 1. The zero-order valence-electron chi connectivity index (χ0n) is 18.3. The van der Waals surface area contributed by atoms with E-state index in [9.17, 15) is 18.0 Å². The van der Waals surface area contributed by atoms with Gasteiger partial charge in [-0.1, -0.05) is 0 Å². The van der Waals surface area contributed by atoms with E-state index in [1.807, 2.05) is 13.8 Å². The zero-order chi connectivity index (χ0) is 24.0. The summed E-state index contributed by atoms with van der Waals surface area (Å²) in [6.07, 6.45) is 2.60. The van der Waals surface area contributed by atoms with Crippen LogP contribution in [0.4, 0.5) is 18.0 Å². The Balaban J connectivity index is 1.25. The molecule has 0 saturated carbocycles. The van der Waals surface area contributed by atoms with Crippen LogP contribution in [0.3, 0.4) is 0 Å². The molecule has 176 valence electrons. The fourth-order valence-corrected chi connectivity index (χ4v) is 4.84. The molecule has 0 spiro atoms. The number of halogens is 3. The van der Waals surface area contributed by atoms with Gasteiger partial charge in [0.2, 0.25) is 0 Å². The Kier molecular flexibility index (Phi) is 5.72. The Morgan fingerprint density at radius 3 is 2.53 bits per heavy atom. The monoisotopic (exact) mass is 487 g/mol. The van der Waals surface area contributed by atoms with Crippen LogP contribution in [0.25, 0.3) is 11.3 Å². The van der Waals surface area contributed by atoms with Crippen LogP contribution >= 0.6 is 11.5 Å². The number of rotatable bonds is 4. The van der Waals surface area contributed by atoms with Crippen molar-refractivity contribution in [3.05, 3.63) is 64.0 Å². The van der Waals surface area contributed by atoms with E-state index >= 15 is 0 Å². The van der Waals surface area contributed by atoms with E-state index < -0.39 is 35.6 Å². The van der Waals surface area contributed by atoms with Crippen LogP contribution in [0.15, 0.2) is 35.6 Å². The summed E-state index contributed by atoms with van der Waals surface area (Å²) in [6, 6.07) is 3.72. The highest BCUT2D eigenvalue weighted by molar-refractivity contribution is 7.06. The minimum atomic E-state index is -0.714. The Labute approximate surface area is 197 Å². The van der Waals surface area contributed by atoms with Gasteiger partial charge in [-0.2, -0.15) is 9.47 Å². The van der Waals surface area contributed by atoms with E-state index in [4.69, 9.17) is 4.74 Å². The first-order chi connectivity index (χ1) is 16.3. The Morgan fingerprint density at radius 1 is 1.12 bits per heavy atom. The van der Waals surface area contributed by atoms with Gasteiger partial charge in [0.15, 0.2) is 11.6 Å². The molecular weight excluding hydrogens is 467 g/mol. The number of hydrogen-bond acceptors (Lipinski definition) is 6. The van der Waals surface area contributed by atoms with Crippen molar-refractivity contribution >= 4 is 23.8 Å². The molecule has 0 unspecified atom stereocenters. The molecule has 2 aliphatic rings. The van der Waals surface area contributed by atoms with Gasteiger partial charge in [-0.3, -0.25) is 4.98 Å². The molecule has 2 amide bonds. The molecule has 4 heterocycles. The molecule has 11 heteroatoms. The number of aromatic nitrogens is 2. The maximum absolute atomic E-state index is 14.4. The van der Waals surface area contributed by atoms with Crippen LogP contribution in [0.2, 0.25) is 0 Å². The van der Waals surface area contributed by atoms with Gasteiger partial charge < -0.3 is 9.64 Å². The molecule has 3 aromatic rings. The maximum atomic E-state index is 14.4. The number of nitrogens with zero attached hydrogens (tertiary/aromatic N) is 5. The Bertz CT molecular complexity index is 1250. The second kappa shape index (κ2) is 8.71. The van der Waals surface area contributed by atoms with Gasteiger partial charge in [-0.05, 0) is 43.1 Å². The maximum Gasteiger partial charge on any atom is 0.341 e. The molecule has 0 N–H and O–H groups in total. The van der Waals surface area contributed by atoms with Gasteiger partial charge in [0, 0.05) is 35.2 Å². The summed E-state index contributed by atoms with van der Waals surface area (Å²) in [6.45, 7) is 4.24. The number of hydrazone groups is 1. The highest BCUT2D eigenvalue weighted by atomic mass is 32.1. The van der Waals surface area contributed by atoms with Crippen LogP contribution in [0.5, 0.6) is 5.75 Å². The first-order valence-corrected chi connectivity index (χ1v) is 11.4. The first-order valence-electron chi connectivity index (χ1n) is 10.6. The summed E-state index contributed by atoms with van der Waals surface area (Å²) in [7, 11) is 0. The lowest BCUT2D eigenvalue weighted by Gasteiger charge is -2.41. The van der Waals surface area contributed by atoms with Gasteiger partial charge in [-0.15, -0.1) is 0 Å². The summed E-state index contributed by atoms with van der Waals surface area (Å²) in [4.78, 5) is 19.6. The fraction of sp³-hybridized carbons (Fsp3) is 0.304. The topological polar surface area (TPSA) is 70.9 Å². The smallest absolute Gasteiger partial charge is 0.341 e. The number of carbonyl (C=O) groups is 1. The van der Waals surface area contributed by atoms with Crippen molar-refractivity contribution in [2.45, 2.75) is 32.4 Å². The molecule has 2 aromatic heterocycles. The van der Waals surface area contributed by atoms with Crippen LogP contribution < -0.4 is 4.74 Å². The lowest BCUT2D eigenvalue weighted by atomic mass is 10.0. The van der Waals surface area contributed by atoms with Crippen LogP contribution in [-0.2, 0) is 0 Å². The molecule has 0 radical (unpaired) electrons. The molecule has 1 atom stereocenters. The minimum absolute atomic E-state index is 0.0550. The van der Waals surface area contributed by atoms with E-state index in [0.717, 1.165) is 28.4 Å². The Morgan fingerprint density at radius 2 is 1.85 bits per heavy atom. The average molecular weight is 488 g/mol. The molecule has 2 aliphatic heterocycles. The normalized spacial score (nSPS) is 17.9. The molecule has 5 rings (SSSR count). The second-order valence-electron chi connectivity index (χ2n) is 8.22. The number of pyridine rings is 1. The lowest BCUT2D eigenvalue weighted by molar-refractivity contribution is 0.0256. The van der Waals surface area contributed by atoms with Gasteiger partial charge in [0.25, 0.3) is 0 Å². The number of amides is 2. The molecule has 1 fully saturated rings. The number of hydrogen-bond donors (Lipinski definition) is 0. The molecule has 0 aliphatic carbocycles. The average Bonchev–Trinajstić information content (AvgIpc) is 3.37. The predicted molar refractivity (Wildman–Crippen MR) is 120 cm³/mol. The minimum Gasteiger partial charge on any atom is -0.483 e. The highest BCUT2D eigenvalue weighted by Gasteiger charge is 2.39. The van der Waals surface area contributed by atoms with Crippen molar-refractivity contribution in [2.24, 2.45) is 5.10 Å². The molecule has 34 heavy (non-hydrogen) atoms. The Hall–Kier alpha value is -3.47. The van der Waals surface area contributed by atoms with Crippen LogP contribution in [0.1, 0.15) is 28.6 Å². The van der Waals surface area contributed by atoms with Gasteiger partial charge in [0.05, 0.1) is 36.7 Å². The standard InChI is InChI=1S/C23H20F3N5O2S/c1-12-22(13(2)34-29-12)19-8-21(18(26)9-27-19)33-17-10-30(11-17)23(32)31-20(3-4-28-31)14-5-15(24)7-16(25)6-14/h4-9,17,20H,3,10-11H2,1-2H3/t20-/m0/s1. The van der Waals surface area contributed by atoms with Gasteiger partial charge >= 0.3 is 6.03 Å². The third-order valence-electron chi connectivity index (χ3n) is 5.82. The van der Waals surface area contributed by atoms with Gasteiger partial charge in [-0.25, -0.2) is 23.0 Å². The summed E-state index contributed by atoms with van der Waals surface area (Å²) in [5.41, 5.74) is 2.57. The summed E-state index contributed by atoms with van der Waals surface area (Å²) >= 11 is 1.35. The molecule has 7 nitrogen and oxygen atoms in total. The second-order valence-corrected chi connectivity index (χ2v) is 9.20. The number of benzene rings is 1. The number of ether oxygens (including phenoxy) is 1. The molecule has 0 bridgehead atoms. The van der Waals surface area contributed by atoms with E-state index in [1.54, 1.807) is 6.07 Å². The van der Waals surface area contributed by atoms with Crippen molar-refractivity contribution in [3.8, 4) is 17.0 Å². The zero-order valence-corrected chi connectivity index (χ0v) is 19.2. The lowest BCUT2D eigenvalue weighted by Crippen LogP contribution is -2.58. The number of likely N-dealkylation sites (tertiary alicyclic amines) is 1. The fourth-order valence-electron chi connectivity index (χ4n) is 4.13. The molecule has 1 saturated heterocycles. The van der Waals surface area contributed by atoms with Crippen molar-refractivity contribution in [1.82, 2.24) is 19.3 Å². The third-order valence-corrected chi connectivity index (χ3v) is 6.66. The van der Waals surface area contributed by atoms with Crippen LogP contribution in [0, 0.1) is 31.3 Å². The predicted octanol–water partition coefficient (Wildman–Crippen LogP) is 4.86. The quantitative estimate of drug-likeness (QED) is 0.527. The highest BCUT2D eigenvalue weighted by Crippen LogP contribution is 2.34. The van der Waals surface area contributed by atoms with E-state index in [0.29, 0.717) is 17.7 Å². The summed E-state index contributed by atoms with van der Waals surface area (Å²) < 4.78 is 51.8. The first kappa shape index (κ1) is 22.3. The SMILES string of the molecule is Cc1nsc(C)c1-c1cc(OC2CN(C(=O)N3N=CC[C@H]3c3cc(F)cc(F)c3)C2)c(F)cn1. The van der Waals surface area contributed by atoms with E-state index in [1.165, 1.54) is 39.8 Å². The van der Waals surface area contributed by atoms with Crippen molar-refractivity contribution in [3.63, 3.8) is 0 Å². The van der Waals surface area contributed by atoms with Gasteiger partial charge in [0.1, 0.15) is 17.7 Å². The van der Waals surface area contributed by atoms with Crippen molar-refractivity contribution in [1.29, 1.82) is 0 Å². The molecule has 1 aromatic carbocycles. The third kappa shape index (κ3) is 4.11. The number of carbonyl (C=O) groups excluding carboxylic acids is 1. The molecular formula is C23H20F3N5O2S. The summed E-state index contributed by atoms with van der Waals surface area (Å²) in [5.74, 6) is -1.97. The largest absolute Gasteiger partial charge is 0.483 e. The van der Waals surface area contributed by atoms with E-state index in [2.05, 4.69) is 14.5 Å². The summed E-state index contributed by atoms with van der Waals surface area (Å²) in [5, 5.41) is 5.31. The number of aryl methyl sites for hydroxylation is 2. The van der Waals surface area contributed by atoms with Crippen molar-refractivity contribution < 1.29 is 22.7 Å².